The van der Waals surface area contributed by atoms with Crippen LogP contribution in [0.1, 0.15) is 17.5 Å². The average Bonchev–Trinajstić information content (AvgIpc) is 2.90. The van der Waals surface area contributed by atoms with Crippen molar-refractivity contribution in [3.05, 3.63) is 35.4 Å². The van der Waals surface area contributed by atoms with Gasteiger partial charge in [-0.25, -0.2) is 13.1 Å². The molecule has 0 unspecified atom stereocenters. The predicted octanol–water partition coefficient (Wildman–Crippen LogP) is 0.304. The Balaban J connectivity index is 1.69. The molecule has 0 aromatic heterocycles. The van der Waals surface area contributed by atoms with Crippen LogP contribution in [-0.2, 0) is 27.7 Å². The van der Waals surface area contributed by atoms with E-state index in [1.807, 2.05) is 17.0 Å². The fourth-order valence-corrected chi connectivity index (χ4v) is 3.99. The first-order valence-corrected chi connectivity index (χ1v) is 8.65. The van der Waals surface area contributed by atoms with Crippen molar-refractivity contribution in [1.82, 2.24) is 9.62 Å². The number of carbonyl (C=O) groups excluding carboxylic acids is 1. The number of fused-ring (bicyclic) bond motifs is 1. The second-order valence-corrected chi connectivity index (χ2v) is 7.45. The zero-order valence-electron chi connectivity index (χ0n) is 11.4. The van der Waals surface area contributed by atoms with Crippen molar-refractivity contribution in [1.29, 1.82) is 0 Å². The number of nitrogens with one attached hydrogen (secondary N) is 1. The highest BCUT2D eigenvalue weighted by Crippen LogP contribution is 2.28. The second-order valence-electron chi connectivity index (χ2n) is 5.67. The summed E-state index contributed by atoms with van der Waals surface area (Å²) in [5.41, 5.74) is 2.59. The third-order valence-electron chi connectivity index (χ3n) is 4.01. The molecule has 3 rings (SSSR count). The van der Waals surface area contributed by atoms with E-state index < -0.39 is 10.0 Å². The standard InChI is InChI=1S/C14H18N2O3S/c1-20(18,19)15-12-8-14(17)16(9-12)13-6-10-4-2-3-5-11(10)7-13/h2-5,12-13,15H,6-9H2,1H3/t12-/m0/s1. The van der Waals surface area contributed by atoms with E-state index in [1.165, 1.54) is 11.1 Å². The summed E-state index contributed by atoms with van der Waals surface area (Å²) in [4.78, 5) is 13.9. The van der Waals surface area contributed by atoms with Crippen LogP contribution in [0.2, 0.25) is 0 Å². The molecule has 2 aliphatic rings. The molecule has 0 saturated carbocycles. The Hall–Kier alpha value is -1.40. The highest BCUT2D eigenvalue weighted by atomic mass is 32.2. The molecule has 1 N–H and O–H groups in total. The molecule has 1 aliphatic heterocycles. The summed E-state index contributed by atoms with van der Waals surface area (Å²) in [5, 5.41) is 0. The number of amides is 1. The summed E-state index contributed by atoms with van der Waals surface area (Å²) in [7, 11) is -3.26. The van der Waals surface area contributed by atoms with Crippen LogP contribution in [-0.4, -0.2) is 44.1 Å². The molecule has 0 bridgehead atoms. The van der Waals surface area contributed by atoms with Gasteiger partial charge in [-0.15, -0.1) is 0 Å². The molecule has 1 aliphatic carbocycles. The van der Waals surface area contributed by atoms with Crippen molar-refractivity contribution < 1.29 is 13.2 Å². The smallest absolute Gasteiger partial charge is 0.224 e. The summed E-state index contributed by atoms with van der Waals surface area (Å²) < 4.78 is 25.1. The SMILES string of the molecule is CS(=O)(=O)N[C@H]1CC(=O)N(C2Cc3ccccc3C2)C1. The molecule has 20 heavy (non-hydrogen) atoms. The Morgan fingerprint density at radius 3 is 2.30 bits per heavy atom. The fourth-order valence-electron chi connectivity index (χ4n) is 3.22. The first-order valence-electron chi connectivity index (χ1n) is 6.76. The molecule has 1 fully saturated rings. The van der Waals surface area contributed by atoms with Gasteiger partial charge in [0, 0.05) is 25.0 Å². The molecule has 1 atom stereocenters. The lowest BCUT2D eigenvalue weighted by Gasteiger charge is -2.24. The molecule has 0 spiro atoms. The molecular weight excluding hydrogens is 276 g/mol. The maximum absolute atomic E-state index is 12.1. The van der Waals surface area contributed by atoms with Crippen molar-refractivity contribution in [2.45, 2.75) is 31.3 Å². The van der Waals surface area contributed by atoms with Gasteiger partial charge in [-0.3, -0.25) is 4.79 Å². The minimum atomic E-state index is -3.26. The molecule has 1 aromatic carbocycles. The van der Waals surface area contributed by atoms with Crippen molar-refractivity contribution in [3.8, 4) is 0 Å². The molecule has 6 heteroatoms. The molecule has 1 saturated heterocycles. The van der Waals surface area contributed by atoms with E-state index in [1.54, 1.807) is 0 Å². The number of sulfonamides is 1. The van der Waals surface area contributed by atoms with Crippen LogP contribution in [0, 0.1) is 0 Å². The topological polar surface area (TPSA) is 66.5 Å². The quantitative estimate of drug-likeness (QED) is 0.872. The van der Waals surface area contributed by atoms with Gasteiger partial charge in [0.15, 0.2) is 0 Å². The molecule has 5 nitrogen and oxygen atoms in total. The molecular formula is C14H18N2O3S. The summed E-state index contributed by atoms with van der Waals surface area (Å²) >= 11 is 0. The largest absolute Gasteiger partial charge is 0.337 e. The third kappa shape index (κ3) is 2.71. The Bertz CT molecular complexity index is 617. The minimum absolute atomic E-state index is 0.0453. The molecule has 1 amide bonds. The van der Waals surface area contributed by atoms with Crippen LogP contribution in [0.3, 0.4) is 0 Å². The number of likely N-dealkylation sites (tertiary alicyclic amines) is 1. The lowest BCUT2D eigenvalue weighted by molar-refractivity contribution is -0.129. The summed E-state index contributed by atoms with van der Waals surface area (Å²) in [6, 6.07) is 8.11. The van der Waals surface area contributed by atoms with E-state index in [0.717, 1.165) is 19.1 Å². The van der Waals surface area contributed by atoms with Crippen LogP contribution in [0.5, 0.6) is 0 Å². The molecule has 1 heterocycles. The predicted molar refractivity (Wildman–Crippen MR) is 75.7 cm³/mol. The number of rotatable bonds is 3. The minimum Gasteiger partial charge on any atom is -0.337 e. The van der Waals surface area contributed by atoms with Gasteiger partial charge in [0.05, 0.1) is 6.26 Å². The van der Waals surface area contributed by atoms with Crippen LogP contribution in [0.25, 0.3) is 0 Å². The van der Waals surface area contributed by atoms with Gasteiger partial charge in [0.1, 0.15) is 0 Å². The maximum Gasteiger partial charge on any atom is 0.224 e. The van der Waals surface area contributed by atoms with E-state index in [4.69, 9.17) is 0 Å². The molecule has 1 aromatic rings. The molecule has 0 radical (unpaired) electrons. The van der Waals surface area contributed by atoms with Gasteiger partial charge in [-0.2, -0.15) is 0 Å². The Morgan fingerprint density at radius 1 is 1.15 bits per heavy atom. The van der Waals surface area contributed by atoms with Gasteiger partial charge in [-0.1, -0.05) is 24.3 Å². The molecule has 108 valence electrons. The van der Waals surface area contributed by atoms with Crippen LogP contribution >= 0.6 is 0 Å². The monoisotopic (exact) mass is 294 g/mol. The highest BCUT2D eigenvalue weighted by Gasteiger charge is 2.37. The van der Waals surface area contributed by atoms with Gasteiger partial charge in [0.2, 0.25) is 15.9 Å². The summed E-state index contributed by atoms with van der Waals surface area (Å²) in [5.74, 6) is 0.0453. The number of hydrogen-bond donors (Lipinski definition) is 1. The van der Waals surface area contributed by atoms with E-state index in [-0.39, 0.29) is 24.4 Å². The van der Waals surface area contributed by atoms with Crippen molar-refractivity contribution in [3.63, 3.8) is 0 Å². The second kappa shape index (κ2) is 4.86. The van der Waals surface area contributed by atoms with E-state index in [0.29, 0.717) is 6.54 Å². The van der Waals surface area contributed by atoms with E-state index in [2.05, 4.69) is 16.9 Å². The maximum atomic E-state index is 12.1. The third-order valence-corrected chi connectivity index (χ3v) is 4.77. The Morgan fingerprint density at radius 2 is 1.75 bits per heavy atom. The van der Waals surface area contributed by atoms with Crippen LogP contribution in [0.4, 0.5) is 0 Å². The Kier molecular flexibility index (Phi) is 3.30. The first kappa shape index (κ1) is 13.6. The number of nitrogens with zero attached hydrogens (tertiary/aromatic N) is 1. The normalized spacial score (nSPS) is 23.4. The average molecular weight is 294 g/mol. The number of carbonyl (C=O) groups is 1. The van der Waals surface area contributed by atoms with Crippen LogP contribution in [0.15, 0.2) is 24.3 Å². The van der Waals surface area contributed by atoms with Gasteiger partial charge < -0.3 is 4.90 Å². The van der Waals surface area contributed by atoms with Crippen molar-refractivity contribution in [2.75, 3.05) is 12.8 Å². The lowest BCUT2D eigenvalue weighted by Crippen LogP contribution is -2.40. The zero-order valence-corrected chi connectivity index (χ0v) is 12.2. The van der Waals surface area contributed by atoms with Crippen LogP contribution < -0.4 is 4.72 Å². The van der Waals surface area contributed by atoms with Crippen molar-refractivity contribution >= 4 is 15.9 Å². The highest BCUT2D eigenvalue weighted by molar-refractivity contribution is 7.88. The fraction of sp³-hybridized carbons (Fsp3) is 0.500. The van der Waals surface area contributed by atoms with E-state index in [9.17, 15) is 13.2 Å². The first-order chi connectivity index (χ1) is 9.42. The van der Waals surface area contributed by atoms with Crippen molar-refractivity contribution in [2.24, 2.45) is 0 Å². The van der Waals surface area contributed by atoms with E-state index >= 15 is 0 Å². The van der Waals surface area contributed by atoms with Gasteiger partial charge >= 0.3 is 0 Å². The number of hydrogen-bond acceptors (Lipinski definition) is 3. The van der Waals surface area contributed by atoms with Gasteiger partial charge in [-0.05, 0) is 24.0 Å². The van der Waals surface area contributed by atoms with Gasteiger partial charge in [0.25, 0.3) is 0 Å². The zero-order chi connectivity index (χ0) is 14.3. The lowest BCUT2D eigenvalue weighted by atomic mass is 10.1. The number of benzene rings is 1. The summed E-state index contributed by atoms with van der Waals surface area (Å²) in [6.45, 7) is 0.477. The Labute approximate surface area is 119 Å². The summed E-state index contributed by atoms with van der Waals surface area (Å²) in [6.07, 6.45) is 3.13.